The van der Waals surface area contributed by atoms with Gasteiger partial charge >= 0.3 is 0 Å². The Morgan fingerprint density at radius 2 is 1.91 bits per heavy atom. The monoisotopic (exact) mass is 303 g/mol. The van der Waals surface area contributed by atoms with Crippen molar-refractivity contribution in [3.05, 3.63) is 35.9 Å². The fraction of sp³-hybridized carbons (Fsp3) is 0.611. The van der Waals surface area contributed by atoms with Gasteiger partial charge in [0.1, 0.15) is 0 Å². The zero-order valence-corrected chi connectivity index (χ0v) is 13.9. The molecule has 0 heterocycles. The van der Waals surface area contributed by atoms with Crippen molar-refractivity contribution in [3.8, 4) is 0 Å². The predicted octanol–water partition coefficient (Wildman–Crippen LogP) is 2.70. The smallest absolute Gasteiger partial charge is 0.191 e. The summed E-state index contributed by atoms with van der Waals surface area (Å²) in [7, 11) is 3.59. The van der Waals surface area contributed by atoms with Crippen LogP contribution in [-0.2, 0) is 10.2 Å². The Kier molecular flexibility index (Phi) is 6.72. The molecule has 0 atom stereocenters. The second-order valence-corrected chi connectivity index (χ2v) is 6.05. The predicted molar refractivity (Wildman–Crippen MR) is 92.4 cm³/mol. The molecule has 0 unspecified atom stereocenters. The highest BCUT2D eigenvalue weighted by Gasteiger charge is 2.43. The van der Waals surface area contributed by atoms with Crippen molar-refractivity contribution in [2.45, 2.75) is 37.5 Å². The van der Waals surface area contributed by atoms with Gasteiger partial charge < -0.3 is 15.4 Å². The Morgan fingerprint density at radius 1 is 1.14 bits per heavy atom. The van der Waals surface area contributed by atoms with Crippen molar-refractivity contribution in [3.63, 3.8) is 0 Å². The van der Waals surface area contributed by atoms with Gasteiger partial charge in [-0.05, 0) is 37.7 Å². The van der Waals surface area contributed by atoms with E-state index in [0.717, 1.165) is 38.5 Å². The van der Waals surface area contributed by atoms with E-state index < -0.39 is 0 Å². The lowest BCUT2D eigenvalue weighted by molar-refractivity contribution is 0.192. The lowest BCUT2D eigenvalue weighted by atomic mass is 9.96. The third-order valence-electron chi connectivity index (χ3n) is 4.38. The van der Waals surface area contributed by atoms with E-state index >= 15 is 0 Å². The van der Waals surface area contributed by atoms with Gasteiger partial charge in [0.25, 0.3) is 0 Å². The molecule has 1 saturated carbocycles. The minimum Gasteiger partial charge on any atom is -0.385 e. The third kappa shape index (κ3) is 5.02. The first-order chi connectivity index (χ1) is 10.8. The van der Waals surface area contributed by atoms with Gasteiger partial charge in [0, 0.05) is 39.3 Å². The quantitative estimate of drug-likeness (QED) is 0.419. The second-order valence-electron chi connectivity index (χ2n) is 6.05. The molecule has 0 bridgehead atoms. The van der Waals surface area contributed by atoms with E-state index in [1.54, 1.807) is 7.11 Å². The molecule has 1 aliphatic carbocycles. The van der Waals surface area contributed by atoms with Gasteiger partial charge in [0.05, 0.1) is 0 Å². The maximum absolute atomic E-state index is 5.06. The number of nitrogens with zero attached hydrogens (tertiary/aromatic N) is 1. The van der Waals surface area contributed by atoms with Crippen LogP contribution in [0.3, 0.4) is 0 Å². The Labute approximate surface area is 134 Å². The molecule has 4 heteroatoms. The van der Waals surface area contributed by atoms with Crippen LogP contribution in [0.1, 0.15) is 37.7 Å². The summed E-state index contributed by atoms with van der Waals surface area (Å²) in [5, 5.41) is 6.88. The molecule has 0 aliphatic heterocycles. The van der Waals surface area contributed by atoms with E-state index in [1.165, 1.54) is 24.8 Å². The van der Waals surface area contributed by atoms with Gasteiger partial charge in [-0.1, -0.05) is 30.3 Å². The molecule has 0 amide bonds. The van der Waals surface area contributed by atoms with E-state index in [1.807, 2.05) is 7.05 Å². The molecule has 122 valence electrons. The number of aliphatic imine (C=N–C) groups is 1. The van der Waals surface area contributed by atoms with Crippen LogP contribution in [0.25, 0.3) is 0 Å². The summed E-state index contributed by atoms with van der Waals surface area (Å²) in [4.78, 5) is 4.32. The van der Waals surface area contributed by atoms with E-state index in [2.05, 4.69) is 46.0 Å². The molecule has 0 aromatic heterocycles. The third-order valence-corrected chi connectivity index (χ3v) is 4.38. The van der Waals surface area contributed by atoms with Crippen LogP contribution >= 0.6 is 0 Å². The first-order valence-electron chi connectivity index (χ1n) is 8.30. The summed E-state index contributed by atoms with van der Waals surface area (Å²) >= 11 is 0. The van der Waals surface area contributed by atoms with Crippen LogP contribution in [0.2, 0.25) is 0 Å². The van der Waals surface area contributed by atoms with Crippen molar-refractivity contribution in [2.75, 3.05) is 33.9 Å². The number of methoxy groups -OCH3 is 1. The summed E-state index contributed by atoms with van der Waals surface area (Å²) < 4.78 is 5.06. The van der Waals surface area contributed by atoms with Crippen molar-refractivity contribution in [1.82, 2.24) is 10.6 Å². The molecule has 22 heavy (non-hydrogen) atoms. The number of hydrogen-bond acceptors (Lipinski definition) is 2. The van der Waals surface area contributed by atoms with Gasteiger partial charge in [0.15, 0.2) is 5.96 Å². The van der Waals surface area contributed by atoms with Crippen LogP contribution in [0.5, 0.6) is 0 Å². The van der Waals surface area contributed by atoms with Crippen molar-refractivity contribution in [1.29, 1.82) is 0 Å². The Balaban J connectivity index is 1.69. The van der Waals surface area contributed by atoms with Crippen LogP contribution in [0.4, 0.5) is 0 Å². The molecule has 0 saturated heterocycles. The average Bonchev–Trinajstić information content (AvgIpc) is 3.35. The number of nitrogens with one attached hydrogen (secondary N) is 2. The normalized spacial score (nSPS) is 16.4. The molecule has 1 aromatic carbocycles. The average molecular weight is 303 g/mol. The molecular weight excluding hydrogens is 274 g/mol. The lowest BCUT2D eigenvalue weighted by Gasteiger charge is -2.19. The van der Waals surface area contributed by atoms with Gasteiger partial charge in [-0.3, -0.25) is 4.99 Å². The molecule has 0 radical (unpaired) electrons. The van der Waals surface area contributed by atoms with Crippen LogP contribution in [0, 0.1) is 0 Å². The molecule has 1 aromatic rings. The van der Waals surface area contributed by atoms with Crippen LogP contribution in [0.15, 0.2) is 35.3 Å². The minimum atomic E-state index is 0.317. The fourth-order valence-electron chi connectivity index (χ4n) is 2.74. The molecule has 1 aliphatic rings. The molecule has 2 rings (SSSR count). The summed E-state index contributed by atoms with van der Waals surface area (Å²) in [6.07, 6.45) is 5.98. The van der Waals surface area contributed by atoms with E-state index in [9.17, 15) is 0 Å². The van der Waals surface area contributed by atoms with Crippen molar-refractivity contribution < 1.29 is 4.74 Å². The molecular formula is C18H29N3O. The minimum absolute atomic E-state index is 0.317. The lowest BCUT2D eigenvalue weighted by Crippen LogP contribution is -2.41. The van der Waals surface area contributed by atoms with E-state index in [-0.39, 0.29) is 0 Å². The number of benzene rings is 1. The second kappa shape index (κ2) is 8.79. The van der Waals surface area contributed by atoms with Gasteiger partial charge in [-0.25, -0.2) is 0 Å². The number of ether oxygens (including phenoxy) is 1. The summed E-state index contributed by atoms with van der Waals surface area (Å²) in [5.74, 6) is 0.911. The standard InChI is InChI=1S/C18H29N3O/c1-19-17(20-13-7-4-8-14-22-2)21-15-18(11-12-18)16-9-5-3-6-10-16/h3,5-6,9-10H,4,7-8,11-15H2,1-2H3,(H2,19,20,21). The zero-order chi connectivity index (χ0) is 15.7. The largest absolute Gasteiger partial charge is 0.385 e. The highest BCUT2D eigenvalue weighted by molar-refractivity contribution is 5.79. The van der Waals surface area contributed by atoms with Gasteiger partial charge in [0.2, 0.25) is 0 Å². The summed E-state index contributed by atoms with van der Waals surface area (Å²) in [6, 6.07) is 10.8. The summed E-state index contributed by atoms with van der Waals surface area (Å²) in [6.45, 7) is 2.77. The SMILES string of the molecule is CN=C(NCCCCCOC)NCC1(c2ccccc2)CC1. The van der Waals surface area contributed by atoms with Crippen molar-refractivity contribution >= 4 is 5.96 Å². The van der Waals surface area contributed by atoms with Crippen LogP contribution < -0.4 is 10.6 Å². The molecule has 2 N–H and O–H groups in total. The van der Waals surface area contributed by atoms with Gasteiger partial charge in [-0.15, -0.1) is 0 Å². The maximum Gasteiger partial charge on any atom is 0.191 e. The van der Waals surface area contributed by atoms with Crippen LogP contribution in [-0.4, -0.2) is 39.8 Å². The van der Waals surface area contributed by atoms with E-state index in [4.69, 9.17) is 4.74 Å². The van der Waals surface area contributed by atoms with Gasteiger partial charge in [-0.2, -0.15) is 0 Å². The molecule has 0 spiro atoms. The maximum atomic E-state index is 5.06. The summed E-state index contributed by atoms with van der Waals surface area (Å²) in [5.41, 5.74) is 1.76. The number of rotatable bonds is 9. The first kappa shape index (κ1) is 16.8. The Hall–Kier alpha value is -1.55. The Bertz CT molecular complexity index is 455. The highest BCUT2D eigenvalue weighted by atomic mass is 16.5. The molecule has 4 nitrogen and oxygen atoms in total. The number of unbranched alkanes of at least 4 members (excludes halogenated alkanes) is 2. The number of guanidine groups is 1. The topological polar surface area (TPSA) is 45.7 Å². The van der Waals surface area contributed by atoms with E-state index in [0.29, 0.717) is 5.41 Å². The zero-order valence-electron chi connectivity index (χ0n) is 13.9. The highest BCUT2D eigenvalue weighted by Crippen LogP contribution is 2.47. The van der Waals surface area contributed by atoms with Crippen molar-refractivity contribution in [2.24, 2.45) is 4.99 Å². The Morgan fingerprint density at radius 3 is 2.55 bits per heavy atom. The first-order valence-corrected chi connectivity index (χ1v) is 8.30. The fourth-order valence-corrected chi connectivity index (χ4v) is 2.74. The number of hydrogen-bond donors (Lipinski definition) is 2. The molecule has 1 fully saturated rings.